The van der Waals surface area contributed by atoms with Gasteiger partial charge < -0.3 is 9.05 Å². The quantitative estimate of drug-likeness (QED) is 0.352. The van der Waals surface area contributed by atoms with Crippen molar-refractivity contribution in [2.45, 2.75) is 24.9 Å². The van der Waals surface area contributed by atoms with Gasteiger partial charge in [-0.05, 0) is 55.4 Å². The lowest BCUT2D eigenvalue weighted by Gasteiger charge is -2.21. The van der Waals surface area contributed by atoms with Crippen LogP contribution in [0.2, 0.25) is 0 Å². The van der Waals surface area contributed by atoms with Crippen LogP contribution in [0.25, 0.3) is 0 Å². The predicted molar refractivity (Wildman–Crippen MR) is 106 cm³/mol. The normalized spacial score (nSPS) is 14.1. The molecule has 120 valence electrons. The SMILES string of the molecule is CCCSP(=S)(OCC)Oc1ccc(C(SC)SC)cc1. The molecule has 0 N–H and O–H groups in total. The van der Waals surface area contributed by atoms with Gasteiger partial charge >= 0.3 is 0 Å². The summed E-state index contributed by atoms with van der Waals surface area (Å²) < 4.78 is 12.2. The highest BCUT2D eigenvalue weighted by atomic mass is 32.9. The zero-order valence-electron chi connectivity index (χ0n) is 12.9. The molecule has 1 unspecified atom stereocenters. The van der Waals surface area contributed by atoms with Gasteiger partial charge in [0.1, 0.15) is 5.75 Å². The van der Waals surface area contributed by atoms with Gasteiger partial charge in [0.2, 0.25) is 0 Å². The van der Waals surface area contributed by atoms with Gasteiger partial charge in [0, 0.05) is 5.75 Å². The van der Waals surface area contributed by atoms with Crippen LogP contribution in [0.5, 0.6) is 5.75 Å². The molecular formula is C14H23O2PS4. The van der Waals surface area contributed by atoms with Gasteiger partial charge in [-0.3, -0.25) is 0 Å². The van der Waals surface area contributed by atoms with Crippen LogP contribution >= 0.6 is 40.6 Å². The molecule has 21 heavy (non-hydrogen) atoms. The van der Waals surface area contributed by atoms with E-state index in [1.165, 1.54) is 5.56 Å². The first-order chi connectivity index (χ1) is 10.1. The first-order valence-electron chi connectivity index (χ1n) is 6.82. The van der Waals surface area contributed by atoms with Crippen LogP contribution in [-0.4, -0.2) is 24.9 Å². The topological polar surface area (TPSA) is 18.5 Å². The summed E-state index contributed by atoms with van der Waals surface area (Å²) in [6.07, 6.45) is 5.32. The van der Waals surface area contributed by atoms with E-state index in [9.17, 15) is 0 Å². The van der Waals surface area contributed by atoms with E-state index in [1.807, 2.05) is 42.6 Å². The molecule has 0 heterocycles. The highest BCUT2D eigenvalue weighted by Crippen LogP contribution is 2.60. The van der Waals surface area contributed by atoms with Gasteiger partial charge in [0.15, 0.2) is 0 Å². The van der Waals surface area contributed by atoms with Crippen LogP contribution in [0, 0.1) is 0 Å². The van der Waals surface area contributed by atoms with Gasteiger partial charge in [0.05, 0.1) is 11.2 Å². The third kappa shape index (κ3) is 6.76. The summed E-state index contributed by atoms with van der Waals surface area (Å²) in [6.45, 7) is 4.69. The molecule has 0 spiro atoms. The summed E-state index contributed by atoms with van der Waals surface area (Å²) in [7, 11) is 0. The van der Waals surface area contributed by atoms with E-state index >= 15 is 0 Å². The molecule has 0 aliphatic heterocycles. The van der Waals surface area contributed by atoms with Gasteiger partial charge in [-0.15, -0.1) is 23.5 Å². The summed E-state index contributed by atoms with van der Waals surface area (Å²) in [5.74, 6) is 1.77. The Morgan fingerprint density at radius 3 is 2.24 bits per heavy atom. The van der Waals surface area contributed by atoms with Crippen LogP contribution in [0.1, 0.15) is 30.4 Å². The van der Waals surface area contributed by atoms with E-state index in [0.29, 0.717) is 11.2 Å². The van der Waals surface area contributed by atoms with E-state index in [2.05, 4.69) is 31.6 Å². The van der Waals surface area contributed by atoms with Crippen LogP contribution in [-0.2, 0) is 16.3 Å². The monoisotopic (exact) mass is 382 g/mol. The van der Waals surface area contributed by atoms with Crippen LogP contribution in [0.15, 0.2) is 24.3 Å². The molecule has 0 aromatic heterocycles. The maximum Gasteiger partial charge on any atom is 0.297 e. The first-order valence-corrected chi connectivity index (χ1v) is 13.6. The van der Waals surface area contributed by atoms with Crippen LogP contribution in [0.3, 0.4) is 0 Å². The molecule has 0 saturated heterocycles. The fourth-order valence-electron chi connectivity index (χ4n) is 1.63. The molecule has 0 fully saturated rings. The van der Waals surface area contributed by atoms with E-state index in [4.69, 9.17) is 20.9 Å². The average molecular weight is 383 g/mol. The molecule has 2 nitrogen and oxygen atoms in total. The zero-order valence-corrected chi connectivity index (χ0v) is 17.1. The van der Waals surface area contributed by atoms with Crippen molar-refractivity contribution in [3.63, 3.8) is 0 Å². The fourth-order valence-corrected chi connectivity index (χ4v) is 7.97. The summed E-state index contributed by atoms with van der Waals surface area (Å²) in [5, 5.41) is 0. The highest BCUT2D eigenvalue weighted by molar-refractivity contribution is 8.68. The Hall–Kier alpha value is 0.680. The second kappa shape index (κ2) is 10.5. The van der Waals surface area contributed by atoms with Crippen LogP contribution in [0.4, 0.5) is 0 Å². The molecule has 0 bridgehead atoms. The maximum atomic E-state index is 6.00. The third-order valence-corrected chi connectivity index (χ3v) is 10.5. The number of benzene rings is 1. The third-order valence-electron chi connectivity index (χ3n) is 2.54. The second-order valence-electron chi connectivity index (χ2n) is 4.16. The average Bonchev–Trinajstić information content (AvgIpc) is 2.48. The van der Waals surface area contributed by atoms with E-state index < -0.39 is 5.69 Å². The van der Waals surface area contributed by atoms with Gasteiger partial charge in [0.25, 0.3) is 5.69 Å². The number of hydrogen-bond donors (Lipinski definition) is 0. The molecule has 0 saturated carbocycles. The minimum absolute atomic E-state index is 0.462. The molecular weight excluding hydrogens is 359 g/mol. The zero-order chi connectivity index (χ0) is 15.7. The Kier molecular flexibility index (Phi) is 9.82. The molecule has 1 aromatic rings. The molecule has 1 atom stereocenters. The largest absolute Gasteiger partial charge is 0.436 e. The summed E-state index contributed by atoms with van der Waals surface area (Å²) in [6, 6.07) is 8.23. The smallest absolute Gasteiger partial charge is 0.297 e. The molecule has 1 rings (SSSR count). The Balaban J connectivity index is 2.78. The van der Waals surface area contributed by atoms with Crippen molar-refractivity contribution >= 4 is 52.4 Å². The van der Waals surface area contributed by atoms with Gasteiger partial charge in [-0.25, -0.2) is 0 Å². The van der Waals surface area contributed by atoms with Crippen molar-refractivity contribution in [2.24, 2.45) is 0 Å². The van der Waals surface area contributed by atoms with Gasteiger partial charge in [-0.2, -0.15) is 0 Å². The Morgan fingerprint density at radius 1 is 1.14 bits per heavy atom. The number of hydrogen-bond acceptors (Lipinski definition) is 6. The van der Waals surface area contributed by atoms with Crippen molar-refractivity contribution in [3.05, 3.63) is 29.8 Å². The molecule has 0 aliphatic rings. The van der Waals surface area contributed by atoms with Crippen molar-refractivity contribution in [3.8, 4) is 5.75 Å². The van der Waals surface area contributed by atoms with Crippen molar-refractivity contribution in [2.75, 3.05) is 24.9 Å². The lowest BCUT2D eigenvalue weighted by molar-refractivity contribution is 0.344. The standard InChI is InChI=1S/C14H23O2PS4/c1-5-11-21-17(18,15-6-2)16-13-9-7-12(8-10-13)14(19-3)20-4/h7-10,14H,5-6,11H2,1-4H3. The molecule has 1 aromatic carbocycles. The fraction of sp³-hybridized carbons (Fsp3) is 0.571. The highest BCUT2D eigenvalue weighted by Gasteiger charge is 2.21. The summed E-state index contributed by atoms with van der Waals surface area (Å²) >= 11 is 10.9. The molecule has 0 aliphatic carbocycles. The summed E-state index contributed by atoms with van der Waals surface area (Å²) in [4.78, 5) is 0. The minimum atomic E-state index is -2.27. The Morgan fingerprint density at radius 2 is 1.76 bits per heavy atom. The Labute approximate surface area is 146 Å². The number of thioether (sulfide) groups is 2. The predicted octanol–water partition coefficient (Wildman–Crippen LogP) is 6.19. The van der Waals surface area contributed by atoms with Gasteiger partial charge in [-0.1, -0.05) is 30.4 Å². The second-order valence-corrected chi connectivity index (χ2v) is 12.7. The van der Waals surface area contributed by atoms with Crippen molar-refractivity contribution in [1.29, 1.82) is 0 Å². The van der Waals surface area contributed by atoms with E-state index in [0.717, 1.165) is 17.9 Å². The van der Waals surface area contributed by atoms with Crippen molar-refractivity contribution in [1.82, 2.24) is 0 Å². The van der Waals surface area contributed by atoms with Crippen LogP contribution < -0.4 is 4.52 Å². The van der Waals surface area contributed by atoms with E-state index in [-0.39, 0.29) is 0 Å². The van der Waals surface area contributed by atoms with E-state index in [1.54, 1.807) is 11.4 Å². The molecule has 0 radical (unpaired) electrons. The maximum absolute atomic E-state index is 6.00. The lowest BCUT2D eigenvalue weighted by atomic mass is 10.2. The minimum Gasteiger partial charge on any atom is -0.436 e. The van der Waals surface area contributed by atoms with Crippen molar-refractivity contribution < 1.29 is 9.05 Å². The number of rotatable bonds is 10. The Bertz CT molecular complexity index is 449. The lowest BCUT2D eigenvalue weighted by Crippen LogP contribution is -1.96. The first kappa shape index (κ1) is 19.7. The molecule has 7 heteroatoms. The molecule has 0 amide bonds. The summed E-state index contributed by atoms with van der Waals surface area (Å²) in [5.41, 5.74) is -0.972.